The number of rotatable bonds is 7. The molecule has 0 aliphatic carbocycles. The zero-order valence-electron chi connectivity index (χ0n) is 17.1. The van der Waals surface area contributed by atoms with Crippen molar-refractivity contribution in [1.29, 1.82) is 0 Å². The number of anilines is 1. The number of aliphatic imine (C=N–C) groups is 1. The van der Waals surface area contributed by atoms with Crippen molar-refractivity contribution in [3.63, 3.8) is 0 Å². The molecule has 29 heavy (non-hydrogen) atoms. The van der Waals surface area contributed by atoms with Gasteiger partial charge in [-0.05, 0) is 49.6 Å². The molecule has 6 heteroatoms. The van der Waals surface area contributed by atoms with Gasteiger partial charge in [0, 0.05) is 18.7 Å². The molecule has 152 valence electrons. The first kappa shape index (κ1) is 21.1. The fourth-order valence-electron chi connectivity index (χ4n) is 3.14. The van der Waals surface area contributed by atoms with E-state index in [2.05, 4.69) is 12.2 Å². The van der Waals surface area contributed by atoms with Gasteiger partial charge in [0.1, 0.15) is 5.25 Å². The average molecular weight is 410 g/mol. The molecule has 1 N–H and O–H groups in total. The molecule has 2 aromatic carbocycles. The molecule has 1 heterocycles. The van der Waals surface area contributed by atoms with Gasteiger partial charge in [0.2, 0.25) is 11.8 Å². The van der Waals surface area contributed by atoms with E-state index >= 15 is 0 Å². The van der Waals surface area contributed by atoms with Crippen LogP contribution in [0.1, 0.15) is 37.3 Å². The Bertz CT molecular complexity index is 926. The molecule has 2 aromatic rings. The van der Waals surface area contributed by atoms with Crippen LogP contribution in [-0.2, 0) is 9.59 Å². The van der Waals surface area contributed by atoms with Crippen molar-refractivity contribution in [3.8, 4) is 0 Å². The molecule has 1 aliphatic rings. The lowest BCUT2D eigenvalue weighted by atomic mass is 10.2. The molecule has 0 spiro atoms. The number of para-hydroxylation sites is 1. The highest BCUT2D eigenvalue weighted by molar-refractivity contribution is 8.15. The minimum atomic E-state index is -0.445. The third kappa shape index (κ3) is 5.48. The van der Waals surface area contributed by atoms with Gasteiger partial charge in [-0.3, -0.25) is 14.5 Å². The molecule has 1 fully saturated rings. The van der Waals surface area contributed by atoms with Gasteiger partial charge in [-0.1, -0.05) is 55.4 Å². The Balaban J connectivity index is 1.75. The smallest absolute Gasteiger partial charge is 0.242 e. The largest absolute Gasteiger partial charge is 0.326 e. The quantitative estimate of drug-likeness (QED) is 0.695. The van der Waals surface area contributed by atoms with Gasteiger partial charge in [-0.25, -0.2) is 4.99 Å². The summed E-state index contributed by atoms with van der Waals surface area (Å²) in [6.45, 7) is 6.69. The number of unbranched alkanes of at least 4 members (excludes halogenated alkanes) is 1. The second kappa shape index (κ2) is 9.74. The second-order valence-electron chi connectivity index (χ2n) is 7.25. The molecule has 0 aromatic heterocycles. The predicted molar refractivity (Wildman–Crippen MR) is 121 cm³/mol. The maximum atomic E-state index is 13.0. The Morgan fingerprint density at radius 1 is 1.17 bits per heavy atom. The Kier molecular flexibility index (Phi) is 7.09. The van der Waals surface area contributed by atoms with Crippen LogP contribution in [0, 0.1) is 13.8 Å². The Labute approximate surface area is 176 Å². The van der Waals surface area contributed by atoms with Crippen molar-refractivity contribution in [2.75, 3.05) is 11.9 Å². The van der Waals surface area contributed by atoms with E-state index in [1.807, 2.05) is 62.4 Å². The number of hydrogen-bond donors (Lipinski definition) is 1. The molecule has 2 amide bonds. The van der Waals surface area contributed by atoms with Crippen LogP contribution in [-0.4, -0.2) is 33.7 Å². The number of amidine groups is 1. The average Bonchev–Trinajstić information content (AvgIpc) is 2.96. The van der Waals surface area contributed by atoms with Gasteiger partial charge in [0.25, 0.3) is 0 Å². The van der Waals surface area contributed by atoms with Crippen molar-refractivity contribution >= 4 is 40.1 Å². The number of carbonyl (C=O) groups is 2. The van der Waals surface area contributed by atoms with Gasteiger partial charge in [-0.15, -0.1) is 0 Å². The highest BCUT2D eigenvalue weighted by Crippen LogP contribution is 2.32. The lowest BCUT2D eigenvalue weighted by Gasteiger charge is -2.16. The van der Waals surface area contributed by atoms with Crippen LogP contribution in [0.15, 0.2) is 53.5 Å². The van der Waals surface area contributed by atoms with E-state index in [1.165, 1.54) is 11.8 Å². The summed E-state index contributed by atoms with van der Waals surface area (Å²) in [7, 11) is 0. The van der Waals surface area contributed by atoms with Crippen molar-refractivity contribution in [2.45, 2.75) is 45.3 Å². The molecule has 0 unspecified atom stereocenters. The topological polar surface area (TPSA) is 61.8 Å². The Hall–Kier alpha value is -2.60. The molecule has 1 atom stereocenters. The summed E-state index contributed by atoms with van der Waals surface area (Å²) in [6.07, 6.45) is 2.03. The summed E-state index contributed by atoms with van der Waals surface area (Å²) >= 11 is 1.39. The van der Waals surface area contributed by atoms with Crippen LogP contribution in [0.4, 0.5) is 11.4 Å². The summed E-state index contributed by atoms with van der Waals surface area (Å²) < 4.78 is 0. The fourth-order valence-corrected chi connectivity index (χ4v) is 4.32. The molecule has 1 aliphatic heterocycles. The van der Waals surface area contributed by atoms with Crippen molar-refractivity contribution in [2.24, 2.45) is 4.99 Å². The summed E-state index contributed by atoms with van der Waals surface area (Å²) in [5, 5.41) is 3.16. The minimum absolute atomic E-state index is 0.0326. The zero-order valence-corrected chi connectivity index (χ0v) is 18.0. The van der Waals surface area contributed by atoms with E-state index in [4.69, 9.17) is 4.99 Å². The summed E-state index contributed by atoms with van der Waals surface area (Å²) in [4.78, 5) is 32.0. The van der Waals surface area contributed by atoms with Crippen LogP contribution in [0.3, 0.4) is 0 Å². The standard InChI is InChI=1S/C23H27N3O2S/c1-4-5-13-26-22(28)20(15-21(27)25-19-12-7-6-10-17(19)3)29-23(26)24-18-11-8-9-16(2)14-18/h6-12,14,20H,4-5,13,15H2,1-3H3,(H,25,27)/t20-/m0/s1. The molecule has 5 nitrogen and oxygen atoms in total. The first-order valence-electron chi connectivity index (χ1n) is 9.97. The first-order valence-corrected chi connectivity index (χ1v) is 10.8. The van der Waals surface area contributed by atoms with Crippen molar-refractivity contribution in [3.05, 3.63) is 59.7 Å². The molecule has 3 rings (SSSR count). The molecular weight excluding hydrogens is 382 g/mol. The third-order valence-corrected chi connectivity index (χ3v) is 5.95. The first-order chi connectivity index (χ1) is 14.0. The molecule has 0 saturated carbocycles. The number of aryl methyl sites for hydroxylation is 2. The van der Waals surface area contributed by atoms with Crippen LogP contribution in [0.25, 0.3) is 0 Å². The molecular formula is C23H27N3O2S. The van der Waals surface area contributed by atoms with E-state index < -0.39 is 5.25 Å². The third-order valence-electron chi connectivity index (χ3n) is 4.77. The van der Waals surface area contributed by atoms with E-state index in [9.17, 15) is 9.59 Å². The van der Waals surface area contributed by atoms with Gasteiger partial charge in [-0.2, -0.15) is 0 Å². The summed E-state index contributed by atoms with van der Waals surface area (Å²) in [6, 6.07) is 15.5. The highest BCUT2D eigenvalue weighted by Gasteiger charge is 2.38. The zero-order chi connectivity index (χ0) is 20.8. The Morgan fingerprint density at radius 2 is 1.97 bits per heavy atom. The number of benzene rings is 2. The van der Waals surface area contributed by atoms with E-state index in [0.717, 1.165) is 35.3 Å². The van der Waals surface area contributed by atoms with E-state index in [-0.39, 0.29) is 18.2 Å². The molecule has 0 bridgehead atoms. The maximum Gasteiger partial charge on any atom is 0.242 e. The van der Waals surface area contributed by atoms with Gasteiger partial charge in [0.15, 0.2) is 5.17 Å². The number of nitrogens with zero attached hydrogens (tertiary/aromatic N) is 2. The number of hydrogen-bond acceptors (Lipinski definition) is 4. The number of amides is 2. The van der Waals surface area contributed by atoms with Crippen molar-refractivity contribution in [1.82, 2.24) is 4.90 Å². The van der Waals surface area contributed by atoms with Crippen LogP contribution in [0.2, 0.25) is 0 Å². The number of carbonyl (C=O) groups excluding carboxylic acids is 2. The van der Waals surface area contributed by atoms with Gasteiger partial charge >= 0.3 is 0 Å². The monoisotopic (exact) mass is 409 g/mol. The van der Waals surface area contributed by atoms with Gasteiger partial charge < -0.3 is 5.32 Å². The van der Waals surface area contributed by atoms with Crippen LogP contribution in [0.5, 0.6) is 0 Å². The lowest BCUT2D eigenvalue weighted by molar-refractivity contribution is -0.128. The number of nitrogens with one attached hydrogen (secondary N) is 1. The van der Waals surface area contributed by atoms with Crippen LogP contribution < -0.4 is 5.32 Å². The molecule has 1 saturated heterocycles. The normalized spacial score (nSPS) is 17.8. The maximum absolute atomic E-state index is 13.0. The molecule has 0 radical (unpaired) electrons. The predicted octanol–water partition coefficient (Wildman–Crippen LogP) is 5.06. The SMILES string of the molecule is CCCCN1C(=O)[C@H](CC(=O)Nc2ccccc2C)SC1=Nc1cccc(C)c1. The van der Waals surface area contributed by atoms with Crippen LogP contribution >= 0.6 is 11.8 Å². The Morgan fingerprint density at radius 3 is 2.69 bits per heavy atom. The van der Waals surface area contributed by atoms with E-state index in [1.54, 1.807) is 4.90 Å². The highest BCUT2D eigenvalue weighted by atomic mass is 32.2. The summed E-state index contributed by atoms with van der Waals surface area (Å²) in [5.74, 6) is -0.188. The second-order valence-corrected chi connectivity index (χ2v) is 8.42. The van der Waals surface area contributed by atoms with Gasteiger partial charge in [0.05, 0.1) is 5.69 Å². The van der Waals surface area contributed by atoms with E-state index in [0.29, 0.717) is 11.7 Å². The number of thioether (sulfide) groups is 1. The lowest BCUT2D eigenvalue weighted by Crippen LogP contribution is -2.34. The summed E-state index contributed by atoms with van der Waals surface area (Å²) in [5.41, 5.74) is 3.73. The fraction of sp³-hybridized carbons (Fsp3) is 0.348. The van der Waals surface area contributed by atoms with Crippen molar-refractivity contribution < 1.29 is 9.59 Å². The minimum Gasteiger partial charge on any atom is -0.326 e.